The van der Waals surface area contributed by atoms with Gasteiger partial charge in [-0.25, -0.2) is 0 Å². The van der Waals surface area contributed by atoms with Crippen molar-refractivity contribution < 1.29 is 19.8 Å². The minimum absolute atomic E-state index is 0.185. The molecule has 0 saturated heterocycles. The van der Waals surface area contributed by atoms with Crippen LogP contribution in [0.4, 0.5) is 0 Å². The van der Waals surface area contributed by atoms with Crippen molar-refractivity contribution >= 4 is 11.6 Å². The quantitative estimate of drug-likeness (QED) is 0.0841. The summed E-state index contributed by atoms with van der Waals surface area (Å²) in [7, 11) is 0. The van der Waals surface area contributed by atoms with Gasteiger partial charge < -0.3 is 10.2 Å². The largest absolute Gasteiger partial charge is 0.394 e. The number of ketones is 2. The lowest BCUT2D eigenvalue weighted by molar-refractivity contribution is -0.138. The van der Waals surface area contributed by atoms with Gasteiger partial charge in [0.15, 0.2) is 0 Å². The Balaban J connectivity index is 3.91. The Bertz CT molecular complexity index is 439. The Morgan fingerprint density at radius 3 is 1.00 bits per heavy atom. The highest BCUT2D eigenvalue weighted by molar-refractivity contribution is 6.03. The van der Waals surface area contributed by atoms with Crippen LogP contribution in [-0.4, -0.2) is 34.5 Å². The van der Waals surface area contributed by atoms with E-state index in [2.05, 4.69) is 13.8 Å². The molecule has 0 aromatic rings. The first-order valence-corrected chi connectivity index (χ1v) is 15.4. The maximum atomic E-state index is 12.7. The number of aliphatic hydroxyl groups excluding tert-OH is 2. The van der Waals surface area contributed by atoms with E-state index in [4.69, 9.17) is 0 Å². The number of unbranched alkanes of at least 4 members (excludes halogenated alkanes) is 20. The van der Waals surface area contributed by atoms with Crippen molar-refractivity contribution in [3.8, 4) is 0 Å². The maximum absolute atomic E-state index is 12.7. The van der Waals surface area contributed by atoms with Gasteiger partial charge in [-0.15, -0.1) is 0 Å². The summed E-state index contributed by atoms with van der Waals surface area (Å²) in [5, 5.41) is 19.5. The van der Waals surface area contributed by atoms with Crippen molar-refractivity contribution in [2.24, 2.45) is 5.92 Å². The SMILES string of the molecule is CCCCCCCCCCCCCC(=O)C(C(=O)CCCCCCCCCCCCC)C(O)CO. The predicted octanol–water partition coefficient (Wildman–Crippen LogP) is 8.50. The van der Waals surface area contributed by atoms with Gasteiger partial charge in [-0.1, -0.05) is 142 Å². The number of hydrogen-bond acceptors (Lipinski definition) is 4. The average Bonchev–Trinajstić information content (AvgIpc) is 2.85. The molecule has 0 aliphatic heterocycles. The Morgan fingerprint density at radius 2 is 0.743 bits per heavy atom. The summed E-state index contributed by atoms with van der Waals surface area (Å²) in [6, 6.07) is 0. The van der Waals surface area contributed by atoms with Crippen LogP contribution in [-0.2, 0) is 9.59 Å². The van der Waals surface area contributed by atoms with Crippen LogP contribution in [0.3, 0.4) is 0 Å². The molecular formula is C31H60O4. The van der Waals surface area contributed by atoms with E-state index in [1.165, 1.54) is 103 Å². The fourth-order valence-electron chi connectivity index (χ4n) is 4.95. The molecular weight excluding hydrogens is 436 g/mol. The molecule has 35 heavy (non-hydrogen) atoms. The Hall–Kier alpha value is -0.740. The summed E-state index contributed by atoms with van der Waals surface area (Å²) in [6.45, 7) is 3.96. The third-order valence-electron chi connectivity index (χ3n) is 7.32. The van der Waals surface area contributed by atoms with Gasteiger partial charge in [0.1, 0.15) is 17.5 Å². The van der Waals surface area contributed by atoms with Crippen LogP contribution in [0.2, 0.25) is 0 Å². The summed E-state index contributed by atoms with van der Waals surface area (Å²) in [5.41, 5.74) is 0. The summed E-state index contributed by atoms with van der Waals surface area (Å²) in [4.78, 5) is 25.3. The highest BCUT2D eigenvalue weighted by Crippen LogP contribution is 2.18. The second kappa shape index (κ2) is 26.3. The van der Waals surface area contributed by atoms with E-state index >= 15 is 0 Å². The molecule has 4 heteroatoms. The molecule has 1 atom stereocenters. The van der Waals surface area contributed by atoms with Crippen molar-refractivity contribution in [1.82, 2.24) is 0 Å². The first-order chi connectivity index (χ1) is 17.1. The summed E-state index contributed by atoms with van der Waals surface area (Å²) >= 11 is 0. The topological polar surface area (TPSA) is 74.6 Å². The van der Waals surface area contributed by atoms with E-state index in [9.17, 15) is 19.8 Å². The van der Waals surface area contributed by atoms with Gasteiger partial charge in [0.2, 0.25) is 0 Å². The average molecular weight is 497 g/mol. The second-order valence-corrected chi connectivity index (χ2v) is 10.7. The summed E-state index contributed by atoms with van der Waals surface area (Å²) in [6.07, 6.45) is 26.1. The molecule has 0 radical (unpaired) electrons. The lowest BCUT2D eigenvalue weighted by Crippen LogP contribution is -2.37. The maximum Gasteiger partial charge on any atom is 0.146 e. The highest BCUT2D eigenvalue weighted by atomic mass is 16.3. The minimum Gasteiger partial charge on any atom is -0.394 e. The van der Waals surface area contributed by atoms with Gasteiger partial charge in [-0.2, -0.15) is 0 Å². The Kier molecular flexibility index (Phi) is 25.8. The number of carbonyl (C=O) groups excluding carboxylic acids is 2. The molecule has 0 aliphatic rings. The smallest absolute Gasteiger partial charge is 0.146 e. The van der Waals surface area contributed by atoms with Crippen LogP contribution in [0.1, 0.15) is 168 Å². The van der Waals surface area contributed by atoms with E-state index in [0.717, 1.165) is 38.5 Å². The first-order valence-electron chi connectivity index (χ1n) is 15.4. The molecule has 0 bridgehead atoms. The molecule has 0 fully saturated rings. The standard InChI is InChI=1S/C31H60O4/c1-3-5-7-9-11-13-15-17-19-21-23-25-28(33)31(30(35)27-32)29(34)26-24-22-20-18-16-14-12-10-8-6-4-2/h30-32,35H,3-27H2,1-2H3. The fraction of sp³-hybridized carbons (Fsp3) is 0.935. The van der Waals surface area contributed by atoms with Crippen LogP contribution in [0, 0.1) is 5.92 Å². The van der Waals surface area contributed by atoms with Crippen molar-refractivity contribution in [2.75, 3.05) is 6.61 Å². The lowest BCUT2D eigenvalue weighted by atomic mass is 9.87. The molecule has 0 saturated carbocycles. The van der Waals surface area contributed by atoms with Crippen molar-refractivity contribution in [2.45, 2.75) is 174 Å². The lowest BCUT2D eigenvalue weighted by Gasteiger charge is -2.19. The van der Waals surface area contributed by atoms with E-state index in [0.29, 0.717) is 12.8 Å². The number of Topliss-reactive ketones (excluding diaryl/α,β-unsaturated/α-hetero) is 2. The monoisotopic (exact) mass is 496 g/mol. The van der Waals surface area contributed by atoms with Crippen LogP contribution >= 0.6 is 0 Å². The summed E-state index contributed by atoms with van der Waals surface area (Å²) in [5.74, 6) is -1.41. The number of rotatable bonds is 28. The second-order valence-electron chi connectivity index (χ2n) is 10.7. The van der Waals surface area contributed by atoms with Crippen LogP contribution in [0.5, 0.6) is 0 Å². The van der Waals surface area contributed by atoms with Gasteiger partial charge in [-0.05, 0) is 12.8 Å². The van der Waals surface area contributed by atoms with Crippen LogP contribution in [0.25, 0.3) is 0 Å². The Labute approximate surface area is 218 Å². The molecule has 0 aromatic carbocycles. The summed E-state index contributed by atoms with van der Waals surface area (Å²) < 4.78 is 0. The predicted molar refractivity (Wildman–Crippen MR) is 149 cm³/mol. The van der Waals surface area contributed by atoms with Crippen LogP contribution < -0.4 is 0 Å². The zero-order chi connectivity index (χ0) is 26.0. The molecule has 208 valence electrons. The third kappa shape index (κ3) is 21.1. The van der Waals surface area contributed by atoms with Crippen LogP contribution in [0.15, 0.2) is 0 Å². The number of carbonyl (C=O) groups is 2. The van der Waals surface area contributed by atoms with Crippen molar-refractivity contribution in [1.29, 1.82) is 0 Å². The minimum atomic E-state index is -1.25. The van der Waals surface area contributed by atoms with E-state index in [1.807, 2.05) is 0 Å². The van der Waals surface area contributed by atoms with E-state index in [-0.39, 0.29) is 11.6 Å². The zero-order valence-corrected chi connectivity index (χ0v) is 23.5. The molecule has 0 rings (SSSR count). The zero-order valence-electron chi connectivity index (χ0n) is 23.5. The van der Waals surface area contributed by atoms with Crippen molar-refractivity contribution in [3.63, 3.8) is 0 Å². The first kappa shape index (κ1) is 34.3. The molecule has 4 nitrogen and oxygen atoms in total. The van der Waals surface area contributed by atoms with E-state index < -0.39 is 18.6 Å². The van der Waals surface area contributed by atoms with Gasteiger partial charge in [0.25, 0.3) is 0 Å². The molecule has 1 unspecified atom stereocenters. The third-order valence-corrected chi connectivity index (χ3v) is 7.32. The van der Waals surface area contributed by atoms with E-state index in [1.54, 1.807) is 0 Å². The Morgan fingerprint density at radius 1 is 0.486 bits per heavy atom. The molecule has 0 aromatic heterocycles. The molecule has 0 spiro atoms. The van der Waals surface area contributed by atoms with Crippen molar-refractivity contribution in [3.05, 3.63) is 0 Å². The van der Waals surface area contributed by atoms with Gasteiger partial charge in [0.05, 0.1) is 12.7 Å². The molecule has 0 amide bonds. The molecule has 0 heterocycles. The van der Waals surface area contributed by atoms with Gasteiger partial charge in [0, 0.05) is 12.8 Å². The molecule has 2 N–H and O–H groups in total. The number of aliphatic hydroxyl groups is 2. The van der Waals surface area contributed by atoms with Gasteiger partial charge in [-0.3, -0.25) is 9.59 Å². The number of hydrogen-bond donors (Lipinski definition) is 2. The van der Waals surface area contributed by atoms with Gasteiger partial charge >= 0.3 is 0 Å². The highest BCUT2D eigenvalue weighted by Gasteiger charge is 2.31. The fourth-order valence-corrected chi connectivity index (χ4v) is 4.95. The normalized spacial score (nSPS) is 12.4. The molecule has 0 aliphatic carbocycles.